The average Bonchev–Trinajstić information content (AvgIpc) is 3.90. The maximum absolute atomic E-state index is 14.4. The molecule has 68 heavy (non-hydrogen) atoms. The monoisotopic (exact) mass is 883 g/mol. The van der Waals surface area contributed by atoms with E-state index in [1.54, 1.807) is 6.07 Å². The highest BCUT2D eigenvalue weighted by Gasteiger charge is 2.31. The summed E-state index contributed by atoms with van der Waals surface area (Å²) in [7, 11) is 0. The molecule has 0 aliphatic carbocycles. The molecule has 0 saturated carbocycles. The smallest absolute Gasteiger partial charge is 0.308 e. The van der Waals surface area contributed by atoms with Crippen LogP contribution in [0.5, 0.6) is 0 Å². The Bertz CT molecular complexity index is 3750. The molecular weight excluding hydrogens is 848 g/mol. The van der Waals surface area contributed by atoms with Gasteiger partial charge >= 0.3 is 6.18 Å². The number of para-hydroxylation sites is 2. The van der Waals surface area contributed by atoms with Crippen molar-refractivity contribution in [2.45, 2.75) is 6.18 Å². The van der Waals surface area contributed by atoms with E-state index in [1.165, 1.54) is 12.1 Å². The van der Waals surface area contributed by atoms with Gasteiger partial charge in [0.1, 0.15) is 11.6 Å². The third-order valence-electron chi connectivity index (χ3n) is 12.9. The van der Waals surface area contributed by atoms with E-state index in [4.69, 9.17) is 0 Å². The van der Waals surface area contributed by atoms with Crippen LogP contribution >= 0.6 is 0 Å². The van der Waals surface area contributed by atoms with Crippen LogP contribution in [0.4, 0.5) is 13.2 Å². The Labute approximate surface area is 388 Å². The van der Waals surface area contributed by atoms with Crippen LogP contribution in [0.2, 0.25) is 0 Å². The molecule has 0 N–H and O–H groups in total. The maximum Gasteiger partial charge on any atom is 0.416 e. The Hall–Kier alpha value is -9.06. The van der Waals surface area contributed by atoms with Crippen molar-refractivity contribution < 1.29 is 13.2 Å². The molecule has 0 atom stereocenters. The van der Waals surface area contributed by atoms with Crippen molar-refractivity contribution in [3.8, 4) is 73.3 Å². The molecule has 0 aliphatic rings. The minimum absolute atomic E-state index is 0.354. The Morgan fingerprint density at radius 3 is 1.28 bits per heavy atom. The topological polar surface area (TPSA) is 59.4 Å². The van der Waals surface area contributed by atoms with Gasteiger partial charge in [0.2, 0.25) is 0 Å². The second kappa shape index (κ2) is 16.1. The number of rotatable bonds is 7. The van der Waals surface area contributed by atoms with Crippen molar-refractivity contribution in [1.82, 2.24) is 19.1 Å². The second-order valence-electron chi connectivity index (χ2n) is 16.8. The van der Waals surface area contributed by atoms with Gasteiger partial charge in [0.25, 0.3) is 0 Å². The lowest BCUT2D eigenvalue weighted by Crippen LogP contribution is -2.06. The molecule has 0 amide bonds. The number of fused-ring (bicyclic) bond motifs is 6. The number of aromatic nitrogens is 4. The summed E-state index contributed by atoms with van der Waals surface area (Å²) in [6.07, 6.45) is -0.949. The molecule has 0 unspecified atom stereocenters. The van der Waals surface area contributed by atoms with Crippen LogP contribution in [-0.2, 0) is 6.18 Å². The summed E-state index contributed by atoms with van der Waals surface area (Å²) < 4.78 is 47.5. The van der Waals surface area contributed by atoms with Crippen molar-refractivity contribution in [3.63, 3.8) is 0 Å². The van der Waals surface area contributed by atoms with Gasteiger partial charge in [-0.1, -0.05) is 133 Å². The maximum atomic E-state index is 14.4. The number of nitrogens with zero attached hydrogens (tertiary/aromatic N) is 5. The fourth-order valence-electron chi connectivity index (χ4n) is 9.69. The highest BCUT2D eigenvalue weighted by atomic mass is 19.4. The van der Waals surface area contributed by atoms with Crippen molar-refractivity contribution in [2.24, 2.45) is 0 Å². The third kappa shape index (κ3) is 6.88. The molecule has 12 aromatic rings. The predicted molar refractivity (Wildman–Crippen MR) is 268 cm³/mol. The summed E-state index contributed by atoms with van der Waals surface area (Å²) in [5.74, 6) is 0. The number of halogens is 3. The highest BCUT2D eigenvalue weighted by molar-refractivity contribution is 6.12. The van der Waals surface area contributed by atoms with Gasteiger partial charge in [-0.25, -0.2) is 0 Å². The molecule has 12 rings (SSSR count). The van der Waals surface area contributed by atoms with Crippen LogP contribution in [0, 0.1) is 11.3 Å². The summed E-state index contributed by atoms with van der Waals surface area (Å²) >= 11 is 0. The molecular formula is C60H36F3N5. The standard InChI is InChI=1S/C60H36F3N5/c61-60(62,63)46-17-11-16-40(30-46)45-35-58(67-54-20-9-7-18-47(54)49-24-22-41(33-56(49)67)43-26-28-65-52(31-43)38-12-3-1-4-13-38)51(37-64)59(36-45)68-55-21-10-8-19-48(55)50-25-23-42(34-57(50)68)44-27-29-66-53(32-44)39-14-5-2-6-15-39/h1-36H. The quantitative estimate of drug-likeness (QED) is 0.160. The first-order chi connectivity index (χ1) is 33.3. The van der Waals surface area contributed by atoms with E-state index < -0.39 is 11.7 Å². The first kappa shape index (κ1) is 40.4. The number of pyridine rings is 2. The van der Waals surface area contributed by atoms with E-state index in [9.17, 15) is 18.4 Å². The first-order valence-electron chi connectivity index (χ1n) is 22.2. The number of nitriles is 1. The summed E-state index contributed by atoms with van der Waals surface area (Å²) in [4.78, 5) is 9.36. The third-order valence-corrected chi connectivity index (χ3v) is 12.9. The normalized spacial score (nSPS) is 11.7. The van der Waals surface area contributed by atoms with Crippen LogP contribution in [0.3, 0.4) is 0 Å². The SMILES string of the molecule is N#Cc1c(-n2c3ccccc3c3ccc(-c4ccnc(-c5ccccc5)c4)cc32)cc(-c2cccc(C(F)(F)F)c2)cc1-n1c2ccccc2c2ccc(-c3ccnc(-c4ccccc4)c3)cc21. The van der Waals surface area contributed by atoms with Crippen LogP contribution < -0.4 is 0 Å². The number of benzene rings is 8. The summed E-state index contributed by atoms with van der Waals surface area (Å²) in [5, 5.41) is 15.5. The van der Waals surface area contributed by atoms with Crippen molar-refractivity contribution in [2.75, 3.05) is 0 Å². The van der Waals surface area contributed by atoms with E-state index >= 15 is 0 Å². The number of alkyl halides is 3. The zero-order valence-electron chi connectivity index (χ0n) is 36.2. The van der Waals surface area contributed by atoms with Crippen molar-refractivity contribution in [1.29, 1.82) is 5.26 Å². The van der Waals surface area contributed by atoms with Gasteiger partial charge in [0.05, 0.1) is 50.4 Å². The van der Waals surface area contributed by atoms with Crippen LogP contribution in [0.25, 0.3) is 111 Å². The lowest BCUT2D eigenvalue weighted by Gasteiger charge is -2.19. The Morgan fingerprint density at radius 1 is 0.368 bits per heavy atom. The van der Waals surface area contributed by atoms with Crippen LogP contribution in [-0.4, -0.2) is 19.1 Å². The van der Waals surface area contributed by atoms with Crippen molar-refractivity contribution in [3.05, 3.63) is 230 Å². The first-order valence-corrected chi connectivity index (χ1v) is 22.2. The highest BCUT2D eigenvalue weighted by Crippen LogP contribution is 2.43. The van der Waals surface area contributed by atoms with Gasteiger partial charge in [-0.2, -0.15) is 18.4 Å². The molecule has 0 spiro atoms. The molecule has 322 valence electrons. The summed E-state index contributed by atoms with van der Waals surface area (Å²) in [6.45, 7) is 0. The molecule has 0 fully saturated rings. The molecule has 0 aliphatic heterocycles. The number of hydrogen-bond acceptors (Lipinski definition) is 3. The van der Waals surface area contributed by atoms with Gasteiger partial charge in [0, 0.05) is 45.1 Å². The summed E-state index contributed by atoms with van der Waals surface area (Å²) in [6, 6.07) is 68.6. The van der Waals surface area contributed by atoms with Crippen molar-refractivity contribution >= 4 is 43.6 Å². The Morgan fingerprint density at radius 2 is 0.794 bits per heavy atom. The molecule has 5 nitrogen and oxygen atoms in total. The van der Waals surface area contributed by atoms with Gasteiger partial charge in [-0.05, 0) is 106 Å². The van der Waals surface area contributed by atoms with Gasteiger partial charge in [-0.3, -0.25) is 9.97 Å². The molecule has 0 saturated heterocycles. The molecule has 0 bridgehead atoms. The summed E-state index contributed by atoms with van der Waals surface area (Å²) in [5.41, 5.74) is 12.4. The van der Waals surface area contributed by atoms with Gasteiger partial charge < -0.3 is 9.13 Å². The lowest BCUT2D eigenvalue weighted by molar-refractivity contribution is -0.137. The fraction of sp³-hybridized carbons (Fsp3) is 0.0167. The van der Waals surface area contributed by atoms with E-state index in [2.05, 4.69) is 85.8 Å². The molecule has 4 heterocycles. The van der Waals surface area contributed by atoms with E-state index in [0.717, 1.165) is 94.4 Å². The number of hydrogen-bond donors (Lipinski definition) is 0. The van der Waals surface area contributed by atoms with Gasteiger partial charge in [0.15, 0.2) is 0 Å². The lowest BCUT2D eigenvalue weighted by atomic mass is 9.98. The molecule has 0 radical (unpaired) electrons. The van der Waals surface area contributed by atoms with E-state index in [1.807, 2.05) is 134 Å². The van der Waals surface area contributed by atoms with Gasteiger partial charge in [-0.15, -0.1) is 0 Å². The predicted octanol–water partition coefficient (Wildman–Crippen LogP) is 15.9. The fourth-order valence-corrected chi connectivity index (χ4v) is 9.69. The minimum atomic E-state index is -4.57. The minimum Gasteiger partial charge on any atom is -0.308 e. The van der Waals surface area contributed by atoms with Crippen LogP contribution in [0.1, 0.15) is 11.1 Å². The van der Waals surface area contributed by atoms with E-state index in [-0.39, 0.29) is 0 Å². The molecule has 8 heteroatoms. The Kier molecular flexibility index (Phi) is 9.59. The van der Waals surface area contributed by atoms with Crippen LogP contribution in [0.15, 0.2) is 219 Å². The largest absolute Gasteiger partial charge is 0.416 e. The zero-order valence-corrected chi connectivity index (χ0v) is 36.2. The Balaban J connectivity index is 1.14. The van der Waals surface area contributed by atoms with E-state index in [0.29, 0.717) is 28.1 Å². The molecule has 4 aromatic heterocycles. The second-order valence-corrected chi connectivity index (χ2v) is 16.8. The zero-order chi connectivity index (χ0) is 45.9. The molecule has 8 aromatic carbocycles. The average molecular weight is 884 g/mol.